The fourth-order valence-electron chi connectivity index (χ4n) is 3.24. The van der Waals surface area contributed by atoms with Crippen molar-refractivity contribution in [1.29, 1.82) is 0 Å². The van der Waals surface area contributed by atoms with Crippen LogP contribution in [0.3, 0.4) is 0 Å². The number of methoxy groups -OCH3 is 1. The van der Waals surface area contributed by atoms with Gasteiger partial charge in [-0.2, -0.15) is 0 Å². The van der Waals surface area contributed by atoms with Crippen molar-refractivity contribution in [3.05, 3.63) is 0 Å². The second-order valence-electron chi connectivity index (χ2n) is 5.63. The van der Waals surface area contributed by atoms with Gasteiger partial charge in [-0.25, -0.2) is 0 Å². The van der Waals surface area contributed by atoms with Crippen LogP contribution in [0.2, 0.25) is 0 Å². The van der Waals surface area contributed by atoms with Gasteiger partial charge in [-0.1, -0.05) is 19.8 Å². The summed E-state index contributed by atoms with van der Waals surface area (Å²) in [6, 6.07) is 0. The highest BCUT2D eigenvalue weighted by molar-refractivity contribution is 5.89. The lowest BCUT2D eigenvalue weighted by atomic mass is 9.98. The molecule has 2 aliphatic rings. The Balaban J connectivity index is 2.01. The monoisotopic (exact) mass is 240 g/mol. The molecule has 4 nitrogen and oxygen atoms in total. The van der Waals surface area contributed by atoms with Gasteiger partial charge >= 0.3 is 0 Å². The summed E-state index contributed by atoms with van der Waals surface area (Å²) in [5.74, 6) is 0.704. The van der Waals surface area contributed by atoms with Crippen molar-refractivity contribution in [3.63, 3.8) is 0 Å². The summed E-state index contributed by atoms with van der Waals surface area (Å²) in [6.07, 6.45) is 4.52. The first-order chi connectivity index (χ1) is 8.09. The van der Waals surface area contributed by atoms with Crippen LogP contribution in [0.25, 0.3) is 0 Å². The van der Waals surface area contributed by atoms with Crippen molar-refractivity contribution in [2.75, 3.05) is 20.3 Å². The van der Waals surface area contributed by atoms with E-state index in [0.29, 0.717) is 18.4 Å². The third kappa shape index (κ3) is 2.33. The van der Waals surface area contributed by atoms with Crippen molar-refractivity contribution in [3.8, 4) is 0 Å². The average Bonchev–Trinajstić information content (AvgIpc) is 2.82. The van der Waals surface area contributed by atoms with Gasteiger partial charge in [0.1, 0.15) is 0 Å². The molecule has 0 aromatic rings. The van der Waals surface area contributed by atoms with E-state index < -0.39 is 0 Å². The van der Waals surface area contributed by atoms with E-state index in [1.807, 2.05) is 4.90 Å². The molecule has 17 heavy (non-hydrogen) atoms. The highest BCUT2D eigenvalue weighted by Gasteiger charge is 2.50. The zero-order chi connectivity index (χ0) is 12.5. The van der Waals surface area contributed by atoms with Crippen molar-refractivity contribution < 1.29 is 9.53 Å². The molecule has 4 heteroatoms. The Labute approximate surface area is 104 Å². The van der Waals surface area contributed by atoms with Gasteiger partial charge in [-0.15, -0.1) is 0 Å². The molecule has 1 aliphatic carbocycles. The number of nitrogens with zero attached hydrogens (tertiary/aromatic N) is 1. The molecule has 0 bridgehead atoms. The molecular weight excluding hydrogens is 216 g/mol. The fraction of sp³-hybridized carbons (Fsp3) is 0.923. The van der Waals surface area contributed by atoms with Crippen molar-refractivity contribution >= 4 is 5.91 Å². The van der Waals surface area contributed by atoms with Crippen molar-refractivity contribution in [2.45, 2.75) is 51.2 Å². The number of nitrogens with one attached hydrogen (secondary N) is 1. The standard InChI is InChI=1S/C13H24N2O2/c1-10(9-17-3)8-15-11(2)14-13(12(15)16)6-4-5-7-13/h10-11,14H,4-9H2,1-3H3. The summed E-state index contributed by atoms with van der Waals surface area (Å²) < 4.78 is 5.14. The van der Waals surface area contributed by atoms with E-state index in [0.717, 1.165) is 19.4 Å². The smallest absolute Gasteiger partial charge is 0.244 e. The maximum atomic E-state index is 12.5. The van der Waals surface area contributed by atoms with Gasteiger partial charge in [0, 0.05) is 13.7 Å². The van der Waals surface area contributed by atoms with Crippen LogP contribution in [-0.2, 0) is 9.53 Å². The predicted molar refractivity (Wildman–Crippen MR) is 66.5 cm³/mol. The second-order valence-corrected chi connectivity index (χ2v) is 5.63. The van der Waals surface area contributed by atoms with Crippen LogP contribution >= 0.6 is 0 Å². The Hall–Kier alpha value is -0.610. The number of ether oxygens (including phenoxy) is 1. The molecule has 0 aromatic carbocycles. The predicted octanol–water partition coefficient (Wildman–Crippen LogP) is 1.36. The molecule has 2 fully saturated rings. The van der Waals surface area contributed by atoms with Gasteiger partial charge in [-0.05, 0) is 25.7 Å². The zero-order valence-electron chi connectivity index (χ0n) is 11.2. The van der Waals surface area contributed by atoms with Crippen LogP contribution < -0.4 is 5.32 Å². The molecule has 2 atom stereocenters. The first-order valence-corrected chi connectivity index (χ1v) is 6.67. The van der Waals surface area contributed by atoms with Crippen LogP contribution in [0.5, 0.6) is 0 Å². The molecular formula is C13H24N2O2. The maximum absolute atomic E-state index is 12.5. The van der Waals surface area contributed by atoms with Crippen molar-refractivity contribution in [1.82, 2.24) is 10.2 Å². The molecule has 1 amide bonds. The minimum atomic E-state index is -0.230. The quantitative estimate of drug-likeness (QED) is 0.806. The summed E-state index contributed by atoms with van der Waals surface area (Å²) >= 11 is 0. The molecule has 98 valence electrons. The lowest BCUT2D eigenvalue weighted by Crippen LogP contribution is -2.44. The Morgan fingerprint density at radius 3 is 2.76 bits per heavy atom. The SMILES string of the molecule is COCC(C)CN1C(=O)C2(CCCC2)NC1C. The van der Waals surface area contributed by atoms with Crippen LogP contribution in [-0.4, -0.2) is 42.8 Å². The molecule has 1 spiro atoms. The zero-order valence-corrected chi connectivity index (χ0v) is 11.2. The van der Waals surface area contributed by atoms with Crippen LogP contribution in [0, 0.1) is 5.92 Å². The number of rotatable bonds is 4. The topological polar surface area (TPSA) is 41.6 Å². The number of hydrogen-bond donors (Lipinski definition) is 1. The second kappa shape index (κ2) is 4.94. The summed E-state index contributed by atoms with van der Waals surface area (Å²) in [6.45, 7) is 5.72. The summed E-state index contributed by atoms with van der Waals surface area (Å²) in [5.41, 5.74) is -0.230. The lowest BCUT2D eigenvalue weighted by molar-refractivity contribution is -0.133. The molecule has 1 saturated heterocycles. The molecule has 2 unspecified atom stereocenters. The molecule has 1 N–H and O–H groups in total. The van der Waals surface area contributed by atoms with Gasteiger partial charge in [0.05, 0.1) is 18.3 Å². The highest BCUT2D eigenvalue weighted by atomic mass is 16.5. The molecule has 1 heterocycles. The minimum absolute atomic E-state index is 0.167. The maximum Gasteiger partial charge on any atom is 0.244 e. The minimum Gasteiger partial charge on any atom is -0.384 e. The Morgan fingerprint density at radius 2 is 2.18 bits per heavy atom. The van der Waals surface area contributed by atoms with E-state index in [-0.39, 0.29) is 11.7 Å². The van der Waals surface area contributed by atoms with Gasteiger partial charge in [-0.3, -0.25) is 10.1 Å². The Bertz CT molecular complexity index is 287. The summed E-state index contributed by atoms with van der Waals surface area (Å²) in [4.78, 5) is 14.5. The molecule has 0 aromatic heterocycles. The van der Waals surface area contributed by atoms with Gasteiger partial charge in [0.15, 0.2) is 0 Å². The van der Waals surface area contributed by atoms with Crippen molar-refractivity contribution in [2.24, 2.45) is 5.92 Å². The van der Waals surface area contributed by atoms with Crippen LogP contribution in [0.4, 0.5) is 0 Å². The first-order valence-electron chi connectivity index (χ1n) is 6.67. The first kappa shape index (κ1) is 12.8. The van der Waals surface area contributed by atoms with Gasteiger partial charge < -0.3 is 9.64 Å². The van der Waals surface area contributed by atoms with E-state index in [9.17, 15) is 4.79 Å². The average molecular weight is 240 g/mol. The van der Waals surface area contributed by atoms with E-state index in [2.05, 4.69) is 19.2 Å². The fourth-order valence-corrected chi connectivity index (χ4v) is 3.24. The normalized spacial score (nSPS) is 29.2. The number of carbonyl (C=O) groups excluding carboxylic acids is 1. The summed E-state index contributed by atoms with van der Waals surface area (Å²) in [5, 5.41) is 3.51. The lowest BCUT2D eigenvalue weighted by Gasteiger charge is -2.25. The molecule has 1 aliphatic heterocycles. The molecule has 1 saturated carbocycles. The highest BCUT2D eigenvalue weighted by Crippen LogP contribution is 2.36. The van der Waals surface area contributed by atoms with Crippen LogP contribution in [0.1, 0.15) is 39.5 Å². The van der Waals surface area contributed by atoms with E-state index >= 15 is 0 Å². The Morgan fingerprint density at radius 1 is 1.53 bits per heavy atom. The Kier molecular flexibility index (Phi) is 3.73. The summed E-state index contributed by atoms with van der Waals surface area (Å²) in [7, 11) is 1.71. The molecule has 2 rings (SSSR count). The third-order valence-corrected chi connectivity index (χ3v) is 4.04. The van der Waals surface area contributed by atoms with Crippen LogP contribution in [0.15, 0.2) is 0 Å². The third-order valence-electron chi connectivity index (χ3n) is 4.04. The molecule has 0 radical (unpaired) electrons. The number of amides is 1. The van der Waals surface area contributed by atoms with E-state index in [1.165, 1.54) is 12.8 Å². The van der Waals surface area contributed by atoms with E-state index in [4.69, 9.17) is 4.74 Å². The largest absolute Gasteiger partial charge is 0.384 e. The van der Waals surface area contributed by atoms with Gasteiger partial charge in [0.25, 0.3) is 0 Å². The number of hydrogen-bond acceptors (Lipinski definition) is 3. The van der Waals surface area contributed by atoms with Gasteiger partial charge in [0.2, 0.25) is 5.91 Å². The number of carbonyl (C=O) groups is 1. The van der Waals surface area contributed by atoms with E-state index in [1.54, 1.807) is 7.11 Å².